The van der Waals surface area contributed by atoms with Gasteiger partial charge in [-0.3, -0.25) is 9.82 Å². The predicted molar refractivity (Wildman–Crippen MR) is 80.2 cm³/mol. The molecular formula is C11H10Cl3N3O2S. The van der Waals surface area contributed by atoms with Crippen molar-refractivity contribution in [3.05, 3.63) is 39.0 Å². The van der Waals surface area contributed by atoms with Crippen LogP contribution < -0.4 is 4.72 Å². The molecule has 2 aromatic rings. The third-order valence-corrected chi connectivity index (χ3v) is 5.06. The summed E-state index contributed by atoms with van der Waals surface area (Å²) in [5.74, 6) is 0.287. The monoisotopic (exact) mass is 353 g/mol. The maximum atomic E-state index is 12.3. The first-order valence-corrected chi connectivity index (χ1v) is 8.16. The maximum absolute atomic E-state index is 12.3. The topological polar surface area (TPSA) is 74.8 Å². The Balaban J connectivity index is 2.46. The van der Waals surface area contributed by atoms with E-state index in [-0.39, 0.29) is 25.8 Å². The van der Waals surface area contributed by atoms with Crippen LogP contribution in [0.2, 0.25) is 15.1 Å². The van der Waals surface area contributed by atoms with Crippen LogP contribution in [0.4, 0.5) is 5.82 Å². The molecule has 108 valence electrons. The van der Waals surface area contributed by atoms with Crippen LogP contribution in [0.5, 0.6) is 0 Å². The van der Waals surface area contributed by atoms with Crippen LogP contribution in [0, 0.1) is 0 Å². The molecule has 0 atom stereocenters. The summed E-state index contributed by atoms with van der Waals surface area (Å²) in [7, 11) is -3.94. The van der Waals surface area contributed by atoms with E-state index in [1.807, 2.05) is 6.92 Å². The van der Waals surface area contributed by atoms with E-state index in [0.717, 1.165) is 5.56 Å². The van der Waals surface area contributed by atoms with Gasteiger partial charge in [0.1, 0.15) is 10.7 Å². The van der Waals surface area contributed by atoms with Gasteiger partial charge in [-0.25, -0.2) is 8.42 Å². The summed E-state index contributed by atoms with van der Waals surface area (Å²) in [6.45, 7) is 1.88. The number of benzene rings is 1. The van der Waals surface area contributed by atoms with Crippen LogP contribution in [0.25, 0.3) is 0 Å². The van der Waals surface area contributed by atoms with Crippen LogP contribution in [-0.4, -0.2) is 18.6 Å². The highest BCUT2D eigenvalue weighted by atomic mass is 35.5. The lowest BCUT2D eigenvalue weighted by Crippen LogP contribution is -2.15. The van der Waals surface area contributed by atoms with Crippen LogP contribution in [-0.2, 0) is 16.4 Å². The summed E-state index contributed by atoms with van der Waals surface area (Å²) < 4.78 is 27.1. The molecule has 2 rings (SSSR count). The zero-order valence-electron chi connectivity index (χ0n) is 10.2. The molecule has 0 amide bonds. The number of rotatable bonds is 4. The number of hydrogen-bond acceptors (Lipinski definition) is 3. The van der Waals surface area contributed by atoms with Crippen molar-refractivity contribution in [3.8, 4) is 0 Å². The lowest BCUT2D eigenvalue weighted by Gasteiger charge is -2.11. The van der Waals surface area contributed by atoms with Crippen molar-refractivity contribution in [3.63, 3.8) is 0 Å². The third kappa shape index (κ3) is 3.03. The lowest BCUT2D eigenvalue weighted by molar-refractivity contribution is 0.601. The Labute approximate surface area is 131 Å². The fraction of sp³-hybridized carbons (Fsp3) is 0.182. The zero-order valence-corrected chi connectivity index (χ0v) is 13.3. The Morgan fingerprint density at radius 1 is 1.25 bits per heavy atom. The van der Waals surface area contributed by atoms with E-state index in [2.05, 4.69) is 14.9 Å². The Kier molecular flexibility index (Phi) is 4.49. The summed E-state index contributed by atoms with van der Waals surface area (Å²) in [4.78, 5) is -0.220. The minimum atomic E-state index is -3.94. The molecule has 2 N–H and O–H groups in total. The quantitative estimate of drug-likeness (QED) is 0.878. The number of nitrogens with zero attached hydrogens (tertiary/aromatic N) is 1. The van der Waals surface area contributed by atoms with Crippen molar-refractivity contribution in [1.29, 1.82) is 0 Å². The molecule has 0 spiro atoms. The van der Waals surface area contributed by atoms with Gasteiger partial charge in [0, 0.05) is 10.6 Å². The van der Waals surface area contributed by atoms with Crippen LogP contribution in [0.3, 0.4) is 0 Å². The molecular weight excluding hydrogens is 345 g/mol. The van der Waals surface area contributed by atoms with Crippen molar-refractivity contribution in [2.75, 3.05) is 4.72 Å². The number of aromatic amines is 1. The largest absolute Gasteiger partial charge is 0.266 e. The molecule has 5 nitrogen and oxygen atoms in total. The van der Waals surface area contributed by atoms with Gasteiger partial charge in [-0.05, 0) is 18.6 Å². The Hall–Kier alpha value is -0.950. The molecule has 0 aliphatic rings. The molecule has 20 heavy (non-hydrogen) atoms. The van der Waals surface area contributed by atoms with Gasteiger partial charge in [0.2, 0.25) is 0 Å². The van der Waals surface area contributed by atoms with Crippen molar-refractivity contribution in [2.24, 2.45) is 0 Å². The average Bonchev–Trinajstić information content (AvgIpc) is 2.73. The highest BCUT2D eigenvalue weighted by Crippen LogP contribution is 2.33. The van der Waals surface area contributed by atoms with Gasteiger partial charge in [0.25, 0.3) is 10.0 Å². The molecule has 9 heteroatoms. The molecule has 0 saturated carbocycles. The number of aromatic nitrogens is 2. The molecule has 0 radical (unpaired) electrons. The lowest BCUT2D eigenvalue weighted by atomic mass is 10.3. The van der Waals surface area contributed by atoms with Crippen molar-refractivity contribution in [1.82, 2.24) is 10.2 Å². The fourth-order valence-corrected chi connectivity index (χ4v) is 4.24. The first-order chi connectivity index (χ1) is 9.35. The van der Waals surface area contributed by atoms with Gasteiger partial charge >= 0.3 is 0 Å². The minimum Gasteiger partial charge on any atom is -0.263 e. The standard InChI is InChI=1S/C11H10Cl3N3O2S/c1-2-6-5-15-16-11(6)17-20(18,19)10-8(13)3-7(12)4-9(10)14/h3-5H,2H2,1H3,(H2,15,16,17). The number of halogens is 3. The van der Waals surface area contributed by atoms with Gasteiger partial charge in [-0.15, -0.1) is 0 Å². The molecule has 0 saturated heterocycles. The molecule has 0 aliphatic heterocycles. The van der Waals surface area contributed by atoms with E-state index < -0.39 is 10.0 Å². The van der Waals surface area contributed by atoms with Crippen LogP contribution >= 0.6 is 34.8 Å². The van der Waals surface area contributed by atoms with Gasteiger partial charge < -0.3 is 0 Å². The van der Waals surface area contributed by atoms with Crippen LogP contribution in [0.15, 0.2) is 23.2 Å². The second-order valence-corrected chi connectivity index (χ2v) is 6.80. The van der Waals surface area contributed by atoms with Gasteiger partial charge in [0.05, 0.1) is 16.2 Å². The number of nitrogens with one attached hydrogen (secondary N) is 2. The van der Waals surface area contributed by atoms with E-state index in [1.54, 1.807) is 6.20 Å². The Morgan fingerprint density at radius 2 is 1.85 bits per heavy atom. The molecule has 0 bridgehead atoms. The third-order valence-electron chi connectivity index (χ3n) is 2.57. The smallest absolute Gasteiger partial charge is 0.263 e. The first-order valence-electron chi connectivity index (χ1n) is 5.54. The number of aryl methyl sites for hydroxylation is 1. The maximum Gasteiger partial charge on any atom is 0.266 e. The Bertz CT molecular complexity index is 720. The van der Waals surface area contributed by atoms with E-state index in [0.29, 0.717) is 6.42 Å². The van der Waals surface area contributed by atoms with Crippen molar-refractivity contribution < 1.29 is 8.42 Å². The SMILES string of the molecule is CCc1cn[nH]c1NS(=O)(=O)c1c(Cl)cc(Cl)cc1Cl. The molecule has 1 aromatic carbocycles. The van der Waals surface area contributed by atoms with Gasteiger partial charge in [-0.2, -0.15) is 5.10 Å². The van der Waals surface area contributed by atoms with E-state index in [9.17, 15) is 8.42 Å². The van der Waals surface area contributed by atoms with E-state index in [4.69, 9.17) is 34.8 Å². The van der Waals surface area contributed by atoms with E-state index >= 15 is 0 Å². The predicted octanol–water partition coefficient (Wildman–Crippen LogP) is 3.73. The summed E-state index contributed by atoms with van der Waals surface area (Å²) in [6, 6.07) is 2.63. The first kappa shape index (κ1) is 15.4. The normalized spacial score (nSPS) is 11.6. The summed E-state index contributed by atoms with van der Waals surface area (Å²) in [5.41, 5.74) is 0.731. The fourth-order valence-electron chi connectivity index (χ4n) is 1.64. The summed E-state index contributed by atoms with van der Waals surface area (Å²) in [5, 5.41) is 6.53. The van der Waals surface area contributed by atoms with Gasteiger partial charge in [0.15, 0.2) is 0 Å². The molecule has 0 unspecified atom stereocenters. The highest BCUT2D eigenvalue weighted by Gasteiger charge is 2.24. The summed E-state index contributed by atoms with van der Waals surface area (Å²) >= 11 is 17.6. The molecule has 1 heterocycles. The Morgan fingerprint density at radius 3 is 2.40 bits per heavy atom. The number of anilines is 1. The van der Waals surface area contributed by atoms with Crippen LogP contribution in [0.1, 0.15) is 12.5 Å². The molecule has 1 aromatic heterocycles. The number of hydrogen-bond donors (Lipinski definition) is 2. The number of sulfonamides is 1. The average molecular weight is 355 g/mol. The highest BCUT2D eigenvalue weighted by molar-refractivity contribution is 7.93. The van der Waals surface area contributed by atoms with Crippen molar-refractivity contribution in [2.45, 2.75) is 18.2 Å². The molecule has 0 fully saturated rings. The second-order valence-electron chi connectivity index (χ2n) is 3.93. The number of H-pyrrole nitrogens is 1. The van der Waals surface area contributed by atoms with Crippen molar-refractivity contribution >= 4 is 50.6 Å². The second kappa shape index (κ2) is 5.81. The molecule has 0 aliphatic carbocycles. The zero-order chi connectivity index (χ0) is 14.9. The minimum absolute atomic E-state index is 0.0486. The van der Waals surface area contributed by atoms with E-state index in [1.165, 1.54) is 12.1 Å². The van der Waals surface area contributed by atoms with Gasteiger partial charge in [-0.1, -0.05) is 41.7 Å². The summed E-state index contributed by atoms with van der Waals surface area (Å²) in [6.07, 6.45) is 2.17.